The average Bonchev–Trinajstić information content (AvgIpc) is 2.24. The number of amides is 2. The monoisotopic (exact) mass is 212 g/mol. The Morgan fingerprint density at radius 2 is 1.67 bits per heavy atom. The van der Waals surface area contributed by atoms with Crippen LogP contribution in [0.15, 0.2) is 0 Å². The van der Waals surface area contributed by atoms with Gasteiger partial charge in [0.05, 0.1) is 0 Å². The second-order valence-corrected chi connectivity index (χ2v) is 3.54. The van der Waals surface area contributed by atoms with Crippen LogP contribution in [-0.2, 0) is 14.4 Å². The lowest BCUT2D eigenvalue weighted by molar-refractivity contribution is -0.156. The number of aldehydes is 1. The van der Waals surface area contributed by atoms with Gasteiger partial charge in [-0.05, 0) is 6.42 Å². The predicted octanol–water partition coefficient (Wildman–Crippen LogP) is -0.344. The third-order valence-corrected chi connectivity index (χ3v) is 2.41. The molecule has 0 saturated carbocycles. The molecule has 1 aliphatic rings. The van der Waals surface area contributed by atoms with Gasteiger partial charge in [-0.25, -0.2) is 0 Å². The molecule has 15 heavy (non-hydrogen) atoms. The number of carbonyl (C=O) groups is 3. The van der Waals surface area contributed by atoms with E-state index in [0.717, 1.165) is 12.7 Å². The largest absolute Gasteiger partial charge is 0.333 e. The maximum absolute atomic E-state index is 11.5. The maximum atomic E-state index is 11.5. The summed E-state index contributed by atoms with van der Waals surface area (Å²) in [4.78, 5) is 36.3. The fraction of sp³-hybridized carbons (Fsp3) is 0.700. The molecule has 2 amide bonds. The van der Waals surface area contributed by atoms with Gasteiger partial charge in [0, 0.05) is 32.6 Å². The molecule has 0 radical (unpaired) electrons. The summed E-state index contributed by atoms with van der Waals surface area (Å²) in [5.74, 6) is -0.912. The molecule has 1 heterocycles. The van der Waals surface area contributed by atoms with Gasteiger partial charge in [-0.2, -0.15) is 0 Å². The zero-order valence-corrected chi connectivity index (χ0v) is 8.94. The molecule has 0 aromatic carbocycles. The number of nitrogens with zero attached hydrogens (tertiary/aromatic N) is 2. The van der Waals surface area contributed by atoms with Crippen LogP contribution in [0.25, 0.3) is 0 Å². The van der Waals surface area contributed by atoms with Crippen LogP contribution in [0.2, 0.25) is 0 Å². The minimum atomic E-state index is -0.475. The lowest BCUT2D eigenvalue weighted by Gasteiger charge is -2.33. The number of carbonyl (C=O) groups excluding carboxylic acids is 3. The molecule has 1 fully saturated rings. The molecule has 0 N–H and O–H groups in total. The van der Waals surface area contributed by atoms with E-state index < -0.39 is 11.8 Å². The fourth-order valence-electron chi connectivity index (χ4n) is 1.62. The van der Waals surface area contributed by atoms with Crippen molar-refractivity contribution in [3.8, 4) is 0 Å². The van der Waals surface area contributed by atoms with Gasteiger partial charge in [0.25, 0.3) is 0 Å². The van der Waals surface area contributed by atoms with E-state index in [2.05, 4.69) is 0 Å². The van der Waals surface area contributed by atoms with Gasteiger partial charge in [0.1, 0.15) is 6.29 Å². The zero-order valence-electron chi connectivity index (χ0n) is 8.94. The summed E-state index contributed by atoms with van der Waals surface area (Å²) in [5, 5.41) is 0. The van der Waals surface area contributed by atoms with Crippen LogP contribution in [-0.4, -0.2) is 54.1 Å². The van der Waals surface area contributed by atoms with Crippen molar-refractivity contribution in [3.05, 3.63) is 0 Å². The van der Waals surface area contributed by atoms with E-state index in [-0.39, 0.29) is 0 Å². The molecule has 0 aromatic rings. The van der Waals surface area contributed by atoms with E-state index in [1.165, 1.54) is 4.90 Å². The fourth-order valence-corrected chi connectivity index (χ4v) is 1.62. The van der Waals surface area contributed by atoms with Crippen molar-refractivity contribution < 1.29 is 14.4 Å². The Hall–Kier alpha value is -1.39. The molecule has 1 saturated heterocycles. The Morgan fingerprint density at radius 1 is 1.13 bits per heavy atom. The molecule has 5 heteroatoms. The predicted molar refractivity (Wildman–Crippen MR) is 54.1 cm³/mol. The van der Waals surface area contributed by atoms with Crippen LogP contribution in [0.3, 0.4) is 0 Å². The first kappa shape index (κ1) is 11.7. The molecule has 0 bridgehead atoms. The van der Waals surface area contributed by atoms with E-state index in [1.54, 1.807) is 4.90 Å². The van der Waals surface area contributed by atoms with Gasteiger partial charge in [-0.15, -0.1) is 0 Å². The Bertz CT molecular complexity index is 265. The maximum Gasteiger partial charge on any atom is 0.312 e. The minimum Gasteiger partial charge on any atom is -0.333 e. The van der Waals surface area contributed by atoms with Crippen LogP contribution in [0.5, 0.6) is 0 Å². The highest BCUT2D eigenvalue weighted by molar-refractivity contribution is 6.35. The van der Waals surface area contributed by atoms with Crippen molar-refractivity contribution in [2.45, 2.75) is 19.8 Å². The second-order valence-electron chi connectivity index (χ2n) is 3.54. The first-order valence-electron chi connectivity index (χ1n) is 5.22. The van der Waals surface area contributed by atoms with Crippen molar-refractivity contribution >= 4 is 18.1 Å². The second kappa shape index (κ2) is 5.48. The molecule has 1 rings (SSSR count). The average molecular weight is 212 g/mol. The molecule has 0 unspecified atom stereocenters. The van der Waals surface area contributed by atoms with Gasteiger partial charge in [-0.1, -0.05) is 6.92 Å². The van der Waals surface area contributed by atoms with E-state index >= 15 is 0 Å². The summed E-state index contributed by atoms with van der Waals surface area (Å²) in [7, 11) is 0. The van der Waals surface area contributed by atoms with Crippen molar-refractivity contribution in [2.75, 3.05) is 26.2 Å². The Balaban J connectivity index is 2.52. The topological polar surface area (TPSA) is 57.7 Å². The third kappa shape index (κ3) is 2.78. The van der Waals surface area contributed by atoms with E-state index in [0.29, 0.717) is 32.6 Å². The molecular weight excluding hydrogens is 196 g/mol. The SMILES string of the molecule is CCCN1CCN(CCC=O)C(=O)C1=O. The third-order valence-electron chi connectivity index (χ3n) is 2.41. The number of hydrogen-bond donors (Lipinski definition) is 0. The first-order valence-corrected chi connectivity index (χ1v) is 5.22. The summed E-state index contributed by atoms with van der Waals surface area (Å²) in [6, 6.07) is 0. The molecule has 1 aliphatic heterocycles. The minimum absolute atomic E-state index is 0.298. The lowest BCUT2D eigenvalue weighted by atomic mass is 10.2. The Morgan fingerprint density at radius 3 is 2.13 bits per heavy atom. The highest BCUT2D eigenvalue weighted by Crippen LogP contribution is 2.05. The number of rotatable bonds is 5. The van der Waals surface area contributed by atoms with E-state index in [9.17, 15) is 14.4 Å². The molecule has 0 aliphatic carbocycles. The standard InChI is InChI=1S/C10H16N2O3/c1-2-4-11-6-7-12(5-3-8-13)10(15)9(11)14/h8H,2-7H2,1H3. The van der Waals surface area contributed by atoms with Gasteiger partial charge in [0.15, 0.2) is 0 Å². The van der Waals surface area contributed by atoms with Crippen LogP contribution < -0.4 is 0 Å². The normalized spacial score (nSPS) is 17.1. The smallest absolute Gasteiger partial charge is 0.312 e. The highest BCUT2D eigenvalue weighted by Gasteiger charge is 2.31. The van der Waals surface area contributed by atoms with Gasteiger partial charge in [0.2, 0.25) is 0 Å². The summed E-state index contributed by atoms with van der Waals surface area (Å²) < 4.78 is 0. The van der Waals surface area contributed by atoms with Crippen LogP contribution in [0, 0.1) is 0 Å². The number of piperazine rings is 1. The molecule has 0 aromatic heterocycles. The summed E-state index contributed by atoms with van der Waals surface area (Å²) in [6.45, 7) is 4.08. The van der Waals surface area contributed by atoms with Crippen LogP contribution in [0.1, 0.15) is 19.8 Å². The highest BCUT2D eigenvalue weighted by atomic mass is 16.2. The molecule has 5 nitrogen and oxygen atoms in total. The van der Waals surface area contributed by atoms with Crippen LogP contribution in [0.4, 0.5) is 0 Å². The van der Waals surface area contributed by atoms with Crippen molar-refractivity contribution in [2.24, 2.45) is 0 Å². The van der Waals surface area contributed by atoms with Crippen molar-refractivity contribution in [1.29, 1.82) is 0 Å². The zero-order chi connectivity index (χ0) is 11.3. The van der Waals surface area contributed by atoms with Gasteiger partial charge >= 0.3 is 11.8 Å². The quantitative estimate of drug-likeness (QED) is 0.462. The molecule has 0 atom stereocenters. The summed E-state index contributed by atoms with van der Waals surface area (Å²) in [6.07, 6.45) is 1.91. The molecule has 84 valence electrons. The first-order chi connectivity index (χ1) is 7.20. The number of hydrogen-bond acceptors (Lipinski definition) is 3. The van der Waals surface area contributed by atoms with Crippen LogP contribution >= 0.6 is 0 Å². The molecule has 0 spiro atoms. The van der Waals surface area contributed by atoms with E-state index in [1.807, 2.05) is 6.92 Å². The van der Waals surface area contributed by atoms with Crippen molar-refractivity contribution in [3.63, 3.8) is 0 Å². The summed E-state index contributed by atoms with van der Waals surface area (Å²) >= 11 is 0. The van der Waals surface area contributed by atoms with Gasteiger partial charge in [-0.3, -0.25) is 9.59 Å². The Labute approximate surface area is 89.0 Å². The van der Waals surface area contributed by atoms with E-state index in [4.69, 9.17) is 0 Å². The molecular formula is C10H16N2O3. The van der Waals surface area contributed by atoms with Gasteiger partial charge < -0.3 is 14.6 Å². The summed E-state index contributed by atoms with van der Waals surface area (Å²) in [5.41, 5.74) is 0. The Kier molecular flexibility index (Phi) is 4.27. The lowest BCUT2D eigenvalue weighted by Crippen LogP contribution is -2.54. The van der Waals surface area contributed by atoms with Crippen molar-refractivity contribution in [1.82, 2.24) is 9.80 Å².